The Morgan fingerprint density at radius 2 is 1.92 bits per heavy atom. The van der Waals surface area contributed by atoms with Crippen LogP contribution in [0, 0.1) is 24.2 Å². The third kappa shape index (κ3) is 3.70. The summed E-state index contributed by atoms with van der Waals surface area (Å²) in [5, 5.41) is 9.13. The number of piperazine rings is 1. The first kappa shape index (κ1) is 16.8. The number of aryl methyl sites for hydroxylation is 1. The molecule has 1 aromatic heterocycles. The third-order valence-electron chi connectivity index (χ3n) is 4.98. The Balaban J connectivity index is 1.51. The van der Waals surface area contributed by atoms with Crippen LogP contribution in [0.1, 0.15) is 31.4 Å². The Morgan fingerprint density at radius 1 is 1.25 bits per heavy atom. The van der Waals surface area contributed by atoms with Crippen molar-refractivity contribution in [3.8, 4) is 6.07 Å². The molecule has 3 heterocycles. The van der Waals surface area contributed by atoms with E-state index < -0.39 is 0 Å². The van der Waals surface area contributed by atoms with E-state index in [0.29, 0.717) is 50.2 Å². The highest BCUT2D eigenvalue weighted by Crippen LogP contribution is 2.23. The summed E-state index contributed by atoms with van der Waals surface area (Å²) in [6, 6.07) is 2.07. The van der Waals surface area contributed by atoms with E-state index in [2.05, 4.69) is 22.9 Å². The third-order valence-corrected chi connectivity index (χ3v) is 4.98. The van der Waals surface area contributed by atoms with Gasteiger partial charge in [0.05, 0.1) is 6.54 Å². The Kier molecular flexibility index (Phi) is 5.05. The number of rotatable bonds is 3. The molecule has 0 aromatic carbocycles. The van der Waals surface area contributed by atoms with Crippen LogP contribution in [-0.2, 0) is 4.79 Å². The topological polar surface area (TPSA) is 76.6 Å². The molecule has 0 saturated carbocycles. The molecule has 1 amide bonds. The van der Waals surface area contributed by atoms with E-state index >= 15 is 0 Å². The average Bonchev–Trinajstić information content (AvgIpc) is 2.98. The number of piperidine rings is 1. The zero-order valence-corrected chi connectivity index (χ0v) is 14.5. The highest BCUT2D eigenvalue weighted by molar-refractivity contribution is 5.78. The van der Waals surface area contributed by atoms with Gasteiger partial charge in [0, 0.05) is 33.1 Å². The van der Waals surface area contributed by atoms with Crippen LogP contribution < -0.4 is 4.90 Å². The van der Waals surface area contributed by atoms with Crippen LogP contribution in [0.5, 0.6) is 0 Å². The molecule has 0 atom stereocenters. The van der Waals surface area contributed by atoms with Crippen LogP contribution in [0.3, 0.4) is 0 Å². The zero-order chi connectivity index (χ0) is 17.1. The number of hydrogen-bond donors (Lipinski definition) is 0. The van der Waals surface area contributed by atoms with E-state index in [1.165, 1.54) is 12.8 Å². The first-order chi connectivity index (χ1) is 11.6. The number of nitriles is 1. The number of likely N-dealkylation sites (tertiary alicyclic amines) is 1. The largest absolute Gasteiger partial charge is 0.424 e. The number of anilines is 1. The van der Waals surface area contributed by atoms with E-state index in [1.54, 1.807) is 6.92 Å². The van der Waals surface area contributed by atoms with Crippen molar-refractivity contribution >= 4 is 11.8 Å². The number of carbonyl (C=O) groups excluding carboxylic acids is 1. The highest BCUT2D eigenvalue weighted by Gasteiger charge is 2.27. The van der Waals surface area contributed by atoms with Crippen molar-refractivity contribution in [2.75, 3.05) is 50.7 Å². The molecule has 0 radical (unpaired) electrons. The Bertz CT molecular complexity index is 619. The predicted molar refractivity (Wildman–Crippen MR) is 89.6 cm³/mol. The molecule has 130 valence electrons. The van der Waals surface area contributed by atoms with Gasteiger partial charge in [-0.25, -0.2) is 4.98 Å². The number of aromatic nitrogens is 1. The molecular formula is C17H25N5O2. The molecular weight excluding hydrogens is 306 g/mol. The average molecular weight is 331 g/mol. The number of oxazole rings is 1. The first-order valence-electron chi connectivity index (χ1n) is 8.69. The van der Waals surface area contributed by atoms with E-state index in [4.69, 9.17) is 9.68 Å². The molecule has 2 aliphatic rings. The molecule has 2 saturated heterocycles. The van der Waals surface area contributed by atoms with E-state index in [1.807, 2.05) is 9.80 Å². The normalized spacial score (nSPS) is 20.2. The van der Waals surface area contributed by atoms with Gasteiger partial charge in [0.15, 0.2) is 5.89 Å². The highest BCUT2D eigenvalue weighted by atomic mass is 16.4. The summed E-state index contributed by atoms with van der Waals surface area (Å²) in [7, 11) is 0. The van der Waals surface area contributed by atoms with Gasteiger partial charge in [-0.2, -0.15) is 5.26 Å². The minimum absolute atomic E-state index is 0.207. The van der Waals surface area contributed by atoms with E-state index in [-0.39, 0.29) is 5.91 Å². The first-order valence-corrected chi connectivity index (χ1v) is 8.69. The summed E-state index contributed by atoms with van der Waals surface area (Å²) in [5.41, 5.74) is 0.328. The smallest absolute Gasteiger partial charge is 0.236 e. The maximum Gasteiger partial charge on any atom is 0.236 e. The quantitative estimate of drug-likeness (QED) is 0.829. The van der Waals surface area contributed by atoms with Crippen molar-refractivity contribution in [1.82, 2.24) is 14.8 Å². The van der Waals surface area contributed by atoms with Crippen LogP contribution in [-0.4, -0.2) is 66.5 Å². The van der Waals surface area contributed by atoms with Gasteiger partial charge in [0.1, 0.15) is 6.07 Å². The Labute approximate surface area is 142 Å². The molecule has 2 fully saturated rings. The van der Waals surface area contributed by atoms with Gasteiger partial charge >= 0.3 is 0 Å². The van der Waals surface area contributed by atoms with E-state index in [0.717, 1.165) is 19.0 Å². The lowest BCUT2D eigenvalue weighted by Gasteiger charge is -2.36. The molecule has 3 rings (SSSR count). The van der Waals surface area contributed by atoms with Crippen LogP contribution >= 0.6 is 0 Å². The molecule has 0 spiro atoms. The minimum Gasteiger partial charge on any atom is -0.424 e. The SMILES string of the molecule is Cc1nc(C#N)c(N2CCN(C(=O)CN3CCC(C)CC3)CC2)o1. The molecule has 2 aliphatic heterocycles. The van der Waals surface area contributed by atoms with Crippen LogP contribution in [0.4, 0.5) is 5.88 Å². The summed E-state index contributed by atoms with van der Waals surface area (Å²) in [6.45, 7) is 9.26. The molecule has 1 aromatic rings. The summed E-state index contributed by atoms with van der Waals surface area (Å²) >= 11 is 0. The van der Waals surface area contributed by atoms with Gasteiger partial charge in [-0.15, -0.1) is 0 Å². The molecule has 0 N–H and O–H groups in total. The summed E-state index contributed by atoms with van der Waals surface area (Å²) in [4.78, 5) is 22.8. The molecule has 0 bridgehead atoms. The molecule has 0 unspecified atom stereocenters. The van der Waals surface area contributed by atoms with Gasteiger partial charge in [-0.05, 0) is 31.8 Å². The van der Waals surface area contributed by atoms with Gasteiger partial charge in [-0.3, -0.25) is 9.69 Å². The maximum atomic E-state index is 12.5. The maximum absolute atomic E-state index is 12.5. The lowest BCUT2D eigenvalue weighted by Crippen LogP contribution is -2.52. The van der Waals surface area contributed by atoms with Gasteiger partial charge < -0.3 is 14.2 Å². The van der Waals surface area contributed by atoms with Gasteiger partial charge in [-0.1, -0.05) is 6.92 Å². The fourth-order valence-corrected chi connectivity index (χ4v) is 3.37. The molecule has 0 aliphatic carbocycles. The Hall–Kier alpha value is -2.07. The summed E-state index contributed by atoms with van der Waals surface area (Å²) < 4.78 is 5.55. The number of amides is 1. The fraction of sp³-hybridized carbons (Fsp3) is 0.706. The summed E-state index contributed by atoms with van der Waals surface area (Å²) in [5.74, 6) is 2.02. The molecule has 7 nitrogen and oxygen atoms in total. The fourth-order valence-electron chi connectivity index (χ4n) is 3.37. The standard InChI is InChI=1S/C17H25N5O2/c1-13-3-5-20(6-4-13)12-16(23)21-7-9-22(10-8-21)17-15(11-18)19-14(2)24-17/h13H,3-10,12H2,1-2H3. The lowest BCUT2D eigenvalue weighted by molar-refractivity contribution is -0.133. The molecule has 24 heavy (non-hydrogen) atoms. The number of carbonyl (C=O) groups is 1. The second-order valence-corrected chi connectivity index (χ2v) is 6.82. The van der Waals surface area contributed by atoms with Crippen LogP contribution in [0.2, 0.25) is 0 Å². The number of hydrogen-bond acceptors (Lipinski definition) is 6. The molecule has 7 heteroatoms. The van der Waals surface area contributed by atoms with Crippen LogP contribution in [0.15, 0.2) is 4.42 Å². The van der Waals surface area contributed by atoms with Crippen LogP contribution in [0.25, 0.3) is 0 Å². The van der Waals surface area contributed by atoms with Crippen molar-refractivity contribution < 1.29 is 9.21 Å². The monoisotopic (exact) mass is 331 g/mol. The van der Waals surface area contributed by atoms with Gasteiger partial charge in [0.2, 0.25) is 17.5 Å². The van der Waals surface area contributed by atoms with Gasteiger partial charge in [0.25, 0.3) is 0 Å². The second-order valence-electron chi connectivity index (χ2n) is 6.82. The second kappa shape index (κ2) is 7.22. The van der Waals surface area contributed by atoms with Crippen molar-refractivity contribution in [2.24, 2.45) is 5.92 Å². The van der Waals surface area contributed by atoms with Crippen molar-refractivity contribution in [2.45, 2.75) is 26.7 Å². The predicted octanol–water partition coefficient (Wildman–Crippen LogP) is 1.24. The minimum atomic E-state index is 0.207. The lowest BCUT2D eigenvalue weighted by atomic mass is 9.99. The zero-order valence-electron chi connectivity index (χ0n) is 14.5. The Morgan fingerprint density at radius 3 is 2.54 bits per heavy atom. The van der Waals surface area contributed by atoms with Crippen molar-refractivity contribution in [1.29, 1.82) is 5.26 Å². The van der Waals surface area contributed by atoms with Crippen molar-refractivity contribution in [3.63, 3.8) is 0 Å². The van der Waals surface area contributed by atoms with Crippen molar-refractivity contribution in [3.05, 3.63) is 11.6 Å². The summed E-state index contributed by atoms with van der Waals surface area (Å²) in [6.07, 6.45) is 2.37. The van der Waals surface area contributed by atoms with E-state index in [9.17, 15) is 4.79 Å². The number of nitrogens with zero attached hydrogens (tertiary/aromatic N) is 5.